The highest BCUT2D eigenvalue weighted by Crippen LogP contribution is 2.29. The van der Waals surface area contributed by atoms with Gasteiger partial charge in [-0.05, 0) is 18.6 Å². The Balaban J connectivity index is 1.83. The maximum atomic E-state index is 13.2. The number of methoxy groups -OCH3 is 1. The van der Waals surface area contributed by atoms with Gasteiger partial charge in [-0.3, -0.25) is 4.90 Å². The Labute approximate surface area is 149 Å². The molecule has 0 bridgehead atoms. The summed E-state index contributed by atoms with van der Waals surface area (Å²) in [6.45, 7) is 5.36. The quantitative estimate of drug-likeness (QED) is 0.754. The third kappa shape index (κ3) is 3.74. The summed E-state index contributed by atoms with van der Waals surface area (Å²) >= 11 is 0. The molecule has 138 valence electrons. The SMILES string of the molecule is CCCC1CN(S(=O)(=O)c2coc3ccccc23)CCN1CCOC. The Morgan fingerprint density at radius 3 is 2.84 bits per heavy atom. The van der Waals surface area contributed by atoms with E-state index < -0.39 is 10.0 Å². The van der Waals surface area contributed by atoms with Crippen molar-refractivity contribution in [1.82, 2.24) is 9.21 Å². The smallest absolute Gasteiger partial charge is 0.246 e. The van der Waals surface area contributed by atoms with Gasteiger partial charge in [-0.15, -0.1) is 0 Å². The molecule has 1 aromatic heterocycles. The highest BCUT2D eigenvalue weighted by molar-refractivity contribution is 7.89. The number of sulfonamides is 1. The number of fused-ring (bicyclic) bond motifs is 1. The van der Waals surface area contributed by atoms with Gasteiger partial charge >= 0.3 is 0 Å². The Morgan fingerprint density at radius 2 is 2.08 bits per heavy atom. The van der Waals surface area contributed by atoms with Crippen LogP contribution in [0.15, 0.2) is 39.8 Å². The lowest BCUT2D eigenvalue weighted by molar-refractivity contribution is 0.0758. The van der Waals surface area contributed by atoms with Gasteiger partial charge < -0.3 is 9.15 Å². The molecule has 1 aromatic carbocycles. The molecular weight excluding hydrogens is 340 g/mol. The molecule has 0 radical (unpaired) electrons. The number of para-hydroxylation sites is 1. The van der Waals surface area contributed by atoms with Gasteiger partial charge in [0.25, 0.3) is 0 Å². The summed E-state index contributed by atoms with van der Waals surface area (Å²) in [5, 5.41) is 0.649. The van der Waals surface area contributed by atoms with Crippen molar-refractivity contribution < 1.29 is 17.6 Å². The standard InChI is InChI=1S/C18H26N2O4S/c1-3-6-15-13-20(10-9-19(15)11-12-23-2)25(21,22)18-14-24-17-8-5-4-7-16(17)18/h4-5,7-8,14-15H,3,6,9-13H2,1-2H3. The van der Waals surface area contributed by atoms with E-state index in [9.17, 15) is 8.42 Å². The molecule has 2 heterocycles. The lowest BCUT2D eigenvalue weighted by atomic mass is 10.1. The number of furan rings is 1. The predicted octanol–water partition coefficient (Wildman–Crippen LogP) is 2.55. The molecule has 0 spiro atoms. The topological polar surface area (TPSA) is 63.0 Å². The van der Waals surface area contributed by atoms with Crippen molar-refractivity contribution in [2.45, 2.75) is 30.7 Å². The molecule has 25 heavy (non-hydrogen) atoms. The lowest BCUT2D eigenvalue weighted by Gasteiger charge is -2.40. The maximum absolute atomic E-state index is 13.2. The van der Waals surface area contributed by atoms with Crippen molar-refractivity contribution in [2.75, 3.05) is 39.9 Å². The molecule has 1 aliphatic heterocycles. The number of ether oxygens (including phenoxy) is 1. The molecule has 1 fully saturated rings. The summed E-state index contributed by atoms with van der Waals surface area (Å²) in [5.41, 5.74) is 0.602. The number of rotatable bonds is 7. The first kappa shape index (κ1) is 18.4. The molecule has 0 aliphatic carbocycles. The Morgan fingerprint density at radius 1 is 1.28 bits per heavy atom. The van der Waals surface area contributed by atoms with Crippen LogP contribution in [0.4, 0.5) is 0 Å². The van der Waals surface area contributed by atoms with Gasteiger partial charge in [0, 0.05) is 44.7 Å². The summed E-state index contributed by atoms with van der Waals surface area (Å²) < 4.78 is 38.5. The van der Waals surface area contributed by atoms with E-state index in [-0.39, 0.29) is 10.9 Å². The molecular formula is C18H26N2O4S. The van der Waals surface area contributed by atoms with Gasteiger partial charge in [-0.25, -0.2) is 8.42 Å². The van der Waals surface area contributed by atoms with Crippen molar-refractivity contribution in [1.29, 1.82) is 0 Å². The van der Waals surface area contributed by atoms with E-state index in [1.54, 1.807) is 23.5 Å². The summed E-state index contributed by atoms with van der Waals surface area (Å²) in [6, 6.07) is 7.48. The molecule has 0 N–H and O–H groups in total. The zero-order chi connectivity index (χ0) is 17.9. The van der Waals surface area contributed by atoms with Gasteiger partial charge in [0.1, 0.15) is 16.7 Å². The Hall–Kier alpha value is -1.41. The van der Waals surface area contributed by atoms with Crippen molar-refractivity contribution in [3.63, 3.8) is 0 Å². The number of nitrogens with zero attached hydrogens (tertiary/aromatic N) is 2. The van der Waals surface area contributed by atoms with E-state index >= 15 is 0 Å². The highest BCUT2D eigenvalue weighted by Gasteiger charge is 2.35. The van der Waals surface area contributed by atoms with Crippen LogP contribution in [0.25, 0.3) is 11.0 Å². The number of benzene rings is 1. The van der Waals surface area contributed by atoms with Crippen LogP contribution in [0, 0.1) is 0 Å². The minimum absolute atomic E-state index is 0.224. The van der Waals surface area contributed by atoms with Crippen LogP contribution >= 0.6 is 0 Å². The van der Waals surface area contributed by atoms with Crippen LogP contribution in [0.5, 0.6) is 0 Å². The van der Waals surface area contributed by atoms with E-state index in [2.05, 4.69) is 11.8 Å². The largest absolute Gasteiger partial charge is 0.463 e. The highest BCUT2D eigenvalue weighted by atomic mass is 32.2. The van der Waals surface area contributed by atoms with E-state index in [1.807, 2.05) is 12.1 Å². The van der Waals surface area contributed by atoms with E-state index in [4.69, 9.17) is 9.15 Å². The molecule has 0 saturated carbocycles. The van der Waals surface area contributed by atoms with Gasteiger partial charge in [-0.1, -0.05) is 25.5 Å². The fraction of sp³-hybridized carbons (Fsp3) is 0.556. The van der Waals surface area contributed by atoms with Crippen LogP contribution in [0.1, 0.15) is 19.8 Å². The van der Waals surface area contributed by atoms with Crippen LogP contribution in [-0.2, 0) is 14.8 Å². The molecule has 3 rings (SSSR count). The van der Waals surface area contributed by atoms with E-state index in [1.165, 1.54) is 6.26 Å². The van der Waals surface area contributed by atoms with Gasteiger partial charge in [0.15, 0.2) is 0 Å². The zero-order valence-electron chi connectivity index (χ0n) is 14.8. The second kappa shape index (κ2) is 7.86. The fourth-order valence-corrected chi connectivity index (χ4v) is 5.07. The molecule has 2 aromatic rings. The minimum Gasteiger partial charge on any atom is -0.463 e. The minimum atomic E-state index is -3.56. The van der Waals surface area contributed by atoms with Crippen LogP contribution in [0.3, 0.4) is 0 Å². The second-order valence-corrected chi connectivity index (χ2v) is 8.34. The Kier molecular flexibility index (Phi) is 5.78. The lowest BCUT2D eigenvalue weighted by Crippen LogP contribution is -2.55. The first-order valence-corrected chi connectivity index (χ1v) is 10.2. The molecule has 1 aliphatic rings. The van der Waals surface area contributed by atoms with Gasteiger partial charge in [0.2, 0.25) is 10.0 Å². The number of hydrogen-bond acceptors (Lipinski definition) is 5. The third-order valence-electron chi connectivity index (χ3n) is 4.84. The van der Waals surface area contributed by atoms with Crippen molar-refractivity contribution in [3.05, 3.63) is 30.5 Å². The first-order chi connectivity index (χ1) is 12.1. The normalized spacial score (nSPS) is 20.3. The predicted molar refractivity (Wildman–Crippen MR) is 97.1 cm³/mol. The summed E-state index contributed by atoms with van der Waals surface area (Å²) in [7, 11) is -1.86. The summed E-state index contributed by atoms with van der Waals surface area (Å²) in [6.07, 6.45) is 3.37. The zero-order valence-corrected chi connectivity index (χ0v) is 15.7. The molecule has 6 nitrogen and oxygen atoms in total. The molecule has 7 heteroatoms. The summed E-state index contributed by atoms with van der Waals surface area (Å²) in [4.78, 5) is 2.61. The molecule has 0 amide bonds. The van der Waals surface area contributed by atoms with Crippen LogP contribution < -0.4 is 0 Å². The van der Waals surface area contributed by atoms with Crippen LogP contribution in [-0.4, -0.2) is 63.6 Å². The second-order valence-electron chi connectivity index (χ2n) is 6.43. The average molecular weight is 366 g/mol. The Bertz CT molecular complexity index is 802. The van der Waals surface area contributed by atoms with E-state index in [0.29, 0.717) is 30.7 Å². The molecule has 1 unspecified atom stereocenters. The monoisotopic (exact) mass is 366 g/mol. The third-order valence-corrected chi connectivity index (χ3v) is 6.72. The van der Waals surface area contributed by atoms with Gasteiger partial charge in [-0.2, -0.15) is 4.31 Å². The van der Waals surface area contributed by atoms with Crippen molar-refractivity contribution >= 4 is 21.0 Å². The molecule has 1 saturated heterocycles. The number of hydrogen-bond donors (Lipinski definition) is 0. The van der Waals surface area contributed by atoms with Crippen molar-refractivity contribution in [2.24, 2.45) is 0 Å². The fourth-order valence-electron chi connectivity index (χ4n) is 3.48. The summed E-state index contributed by atoms with van der Waals surface area (Å²) in [5.74, 6) is 0. The van der Waals surface area contributed by atoms with E-state index in [0.717, 1.165) is 25.9 Å². The van der Waals surface area contributed by atoms with Gasteiger partial charge in [0.05, 0.1) is 6.61 Å². The van der Waals surface area contributed by atoms with Crippen LogP contribution in [0.2, 0.25) is 0 Å². The first-order valence-electron chi connectivity index (χ1n) is 8.77. The molecule has 1 atom stereocenters. The number of piperazine rings is 1. The average Bonchev–Trinajstić information content (AvgIpc) is 3.05. The van der Waals surface area contributed by atoms with Crippen molar-refractivity contribution in [3.8, 4) is 0 Å². The maximum Gasteiger partial charge on any atom is 0.246 e.